The van der Waals surface area contributed by atoms with Gasteiger partial charge in [0.2, 0.25) is 23.6 Å². The highest BCUT2D eigenvalue weighted by Gasteiger charge is 2.46. The van der Waals surface area contributed by atoms with Crippen LogP contribution in [0.25, 0.3) is 0 Å². The number of fused-ring (bicyclic) bond motifs is 2. The number of piperidine rings is 1. The summed E-state index contributed by atoms with van der Waals surface area (Å²) < 4.78 is 17.0. The monoisotopic (exact) mass is 755 g/mol. The van der Waals surface area contributed by atoms with Gasteiger partial charge < -0.3 is 40.0 Å². The summed E-state index contributed by atoms with van der Waals surface area (Å²) in [6, 6.07) is 7.05. The number of amides is 4. The molecule has 13 nitrogen and oxygen atoms in total. The molecule has 2 heterocycles. The molecule has 4 amide bonds. The van der Waals surface area contributed by atoms with Crippen molar-refractivity contribution in [1.82, 2.24) is 25.8 Å². The fourth-order valence-electron chi connectivity index (χ4n) is 8.92. The van der Waals surface area contributed by atoms with Crippen LogP contribution < -0.4 is 16.0 Å². The minimum absolute atomic E-state index is 0.0177. The Kier molecular flexibility index (Phi) is 15.9. The van der Waals surface area contributed by atoms with Crippen LogP contribution in [0.3, 0.4) is 0 Å². The first-order valence-electron chi connectivity index (χ1n) is 19.9. The van der Waals surface area contributed by atoms with Crippen LogP contribution in [-0.2, 0) is 44.6 Å². The fraction of sp³-hybridized carbons (Fsp3) is 0.732. The van der Waals surface area contributed by atoms with Crippen molar-refractivity contribution in [2.45, 2.75) is 134 Å². The van der Waals surface area contributed by atoms with E-state index in [-0.39, 0.29) is 60.4 Å². The van der Waals surface area contributed by atoms with Crippen molar-refractivity contribution >= 4 is 29.6 Å². The van der Waals surface area contributed by atoms with E-state index < -0.39 is 42.2 Å². The Balaban J connectivity index is 1.45. The number of hydrogen-bond donors (Lipinski definition) is 3. The van der Waals surface area contributed by atoms with Gasteiger partial charge in [-0.1, -0.05) is 71.4 Å². The Morgan fingerprint density at radius 1 is 0.963 bits per heavy atom. The van der Waals surface area contributed by atoms with E-state index in [1.807, 2.05) is 58.0 Å². The number of benzene rings is 1. The van der Waals surface area contributed by atoms with Crippen LogP contribution in [0.1, 0.15) is 85.1 Å². The van der Waals surface area contributed by atoms with Crippen molar-refractivity contribution < 1.29 is 38.2 Å². The van der Waals surface area contributed by atoms with E-state index in [1.54, 1.807) is 30.9 Å². The van der Waals surface area contributed by atoms with Crippen LogP contribution >= 0.6 is 0 Å². The second-order valence-electron chi connectivity index (χ2n) is 16.0. The van der Waals surface area contributed by atoms with E-state index in [0.29, 0.717) is 24.9 Å². The molecule has 302 valence electrons. The van der Waals surface area contributed by atoms with Gasteiger partial charge in [0.1, 0.15) is 12.1 Å². The summed E-state index contributed by atoms with van der Waals surface area (Å²) in [4.78, 5) is 71.6. The van der Waals surface area contributed by atoms with E-state index in [1.165, 1.54) is 14.2 Å². The number of methoxy groups -OCH3 is 3. The van der Waals surface area contributed by atoms with Gasteiger partial charge in [-0.15, -0.1) is 0 Å². The molecule has 13 heteroatoms. The van der Waals surface area contributed by atoms with Gasteiger partial charge in [-0.3, -0.25) is 19.2 Å². The molecule has 1 aromatic carbocycles. The normalized spacial score (nSPS) is 24.6. The van der Waals surface area contributed by atoms with Gasteiger partial charge in [-0.25, -0.2) is 4.79 Å². The summed E-state index contributed by atoms with van der Waals surface area (Å²) in [5.41, 5.74) is 0.880. The third kappa shape index (κ3) is 10.2. The lowest BCUT2D eigenvalue weighted by molar-refractivity contribution is -0.148. The van der Waals surface area contributed by atoms with Gasteiger partial charge in [0.05, 0.1) is 49.8 Å². The van der Waals surface area contributed by atoms with E-state index in [9.17, 15) is 24.0 Å². The van der Waals surface area contributed by atoms with Crippen molar-refractivity contribution in [2.24, 2.45) is 23.7 Å². The van der Waals surface area contributed by atoms with Crippen molar-refractivity contribution in [3.63, 3.8) is 0 Å². The van der Waals surface area contributed by atoms with Crippen LogP contribution in [0, 0.1) is 23.7 Å². The molecule has 3 aliphatic rings. The minimum atomic E-state index is -0.885. The Labute approximate surface area is 322 Å². The van der Waals surface area contributed by atoms with E-state index in [2.05, 4.69) is 16.0 Å². The maximum absolute atomic E-state index is 14.2. The smallest absolute Gasteiger partial charge is 0.328 e. The van der Waals surface area contributed by atoms with Crippen LogP contribution in [0.4, 0.5) is 0 Å². The molecule has 0 spiro atoms. The van der Waals surface area contributed by atoms with Crippen molar-refractivity contribution in [3.8, 4) is 0 Å². The number of nitrogens with one attached hydrogen (secondary N) is 3. The van der Waals surface area contributed by atoms with E-state index in [0.717, 1.165) is 37.7 Å². The lowest BCUT2D eigenvalue weighted by Crippen LogP contribution is -2.60. The highest BCUT2D eigenvalue weighted by Crippen LogP contribution is 2.35. The van der Waals surface area contributed by atoms with Crippen LogP contribution in [-0.4, -0.2) is 123 Å². The molecule has 1 saturated carbocycles. The molecular weight excluding hydrogens is 690 g/mol. The molecule has 1 aliphatic carbocycles. The highest BCUT2D eigenvalue weighted by molar-refractivity contribution is 5.90. The first kappa shape index (κ1) is 43.2. The third-order valence-electron chi connectivity index (χ3n) is 12.2. The van der Waals surface area contributed by atoms with Crippen molar-refractivity contribution in [2.75, 3.05) is 34.9 Å². The number of carbonyl (C=O) groups is 5. The molecule has 2 aliphatic heterocycles. The first-order valence-corrected chi connectivity index (χ1v) is 19.9. The Morgan fingerprint density at radius 2 is 1.67 bits per heavy atom. The summed E-state index contributed by atoms with van der Waals surface area (Å²) >= 11 is 0. The molecule has 0 aromatic heterocycles. The zero-order valence-corrected chi connectivity index (χ0v) is 33.8. The molecule has 2 bridgehead atoms. The summed E-state index contributed by atoms with van der Waals surface area (Å²) in [5, 5.41) is 9.37. The lowest BCUT2D eigenvalue weighted by atomic mass is 9.89. The maximum atomic E-state index is 14.2. The van der Waals surface area contributed by atoms with Gasteiger partial charge >= 0.3 is 5.97 Å². The summed E-state index contributed by atoms with van der Waals surface area (Å²) in [6.45, 7) is 10.2. The number of esters is 1. The quantitative estimate of drug-likeness (QED) is 0.181. The molecule has 1 aromatic rings. The van der Waals surface area contributed by atoms with Crippen molar-refractivity contribution in [1.29, 1.82) is 0 Å². The SMILES string of the molecule is CC[C@H](C)[C@@H]([C@@H](CC(=O)N1CCC[C@H]1[C@H](OC)[C@@H](C)C(=O)N[C@@H](Cc1ccccc1)C(=O)OC)OC)N(C)C(=O)[C@@H](NC(=O)[C@H]1N[C@H]2CCC1C2)C(C)C. The molecule has 2 saturated heterocycles. The summed E-state index contributed by atoms with van der Waals surface area (Å²) in [6.07, 6.45) is 4.26. The number of hydrogen-bond acceptors (Lipinski definition) is 9. The van der Waals surface area contributed by atoms with Gasteiger partial charge in [0.25, 0.3) is 0 Å². The Hall–Kier alpha value is -3.55. The number of likely N-dealkylation sites (tertiary alicyclic amines) is 1. The Morgan fingerprint density at radius 3 is 2.22 bits per heavy atom. The molecule has 4 rings (SSSR count). The Bertz CT molecular complexity index is 1430. The van der Waals surface area contributed by atoms with E-state index >= 15 is 0 Å². The van der Waals surface area contributed by atoms with Gasteiger partial charge in [-0.05, 0) is 55.4 Å². The molecule has 1 unspecified atom stereocenters. The third-order valence-corrected chi connectivity index (χ3v) is 12.2. The maximum Gasteiger partial charge on any atom is 0.328 e. The molecule has 3 fully saturated rings. The zero-order chi connectivity index (χ0) is 39.7. The topological polar surface area (TPSA) is 156 Å². The zero-order valence-electron chi connectivity index (χ0n) is 33.8. The second-order valence-corrected chi connectivity index (χ2v) is 16.0. The second kappa shape index (κ2) is 19.9. The van der Waals surface area contributed by atoms with Crippen LogP contribution in [0.15, 0.2) is 30.3 Å². The first-order chi connectivity index (χ1) is 25.8. The van der Waals surface area contributed by atoms with E-state index in [4.69, 9.17) is 14.2 Å². The summed E-state index contributed by atoms with van der Waals surface area (Å²) in [5.74, 6) is -1.97. The summed E-state index contributed by atoms with van der Waals surface area (Å²) in [7, 11) is 6.13. The highest BCUT2D eigenvalue weighted by atomic mass is 16.5. The number of ether oxygens (including phenoxy) is 3. The molecule has 3 N–H and O–H groups in total. The predicted molar refractivity (Wildman–Crippen MR) is 205 cm³/mol. The van der Waals surface area contributed by atoms with Gasteiger partial charge in [0.15, 0.2) is 0 Å². The fourth-order valence-corrected chi connectivity index (χ4v) is 8.92. The average molecular weight is 756 g/mol. The number of nitrogens with zero attached hydrogens (tertiary/aromatic N) is 2. The average Bonchev–Trinajstić information content (AvgIpc) is 3.95. The van der Waals surface area contributed by atoms with Gasteiger partial charge in [0, 0.05) is 40.3 Å². The number of likely N-dealkylation sites (N-methyl/N-ethyl adjacent to an activating group) is 1. The van der Waals surface area contributed by atoms with Gasteiger partial charge in [-0.2, -0.15) is 0 Å². The van der Waals surface area contributed by atoms with Crippen LogP contribution in [0.5, 0.6) is 0 Å². The molecule has 54 heavy (non-hydrogen) atoms. The molecule has 11 atom stereocenters. The van der Waals surface area contributed by atoms with Crippen molar-refractivity contribution in [3.05, 3.63) is 35.9 Å². The largest absolute Gasteiger partial charge is 0.467 e. The number of rotatable bonds is 19. The minimum Gasteiger partial charge on any atom is -0.467 e. The predicted octanol–water partition coefficient (Wildman–Crippen LogP) is 3.09. The molecule has 0 radical (unpaired) electrons. The lowest BCUT2D eigenvalue weighted by Gasteiger charge is -2.41. The number of carbonyl (C=O) groups excluding carboxylic acids is 5. The standard InChI is InChI=1S/C41H65N5O8/c1-10-25(4)36(45(6)40(50)34(24(2)3)44-39(49)35-28-18-19-29(22-28)42-35)32(52-7)23-33(47)46-20-14-17-31(46)37(53-8)26(5)38(48)43-30(41(51)54-9)21-27-15-12-11-13-16-27/h11-13,15-16,24-26,28-32,34-37,42H,10,14,17-23H2,1-9H3,(H,43,48)(H,44,49)/t25-,26+,28?,29-,30-,31-,32+,34-,35-,36-,37+/m0/s1. The van der Waals surface area contributed by atoms with Crippen LogP contribution in [0.2, 0.25) is 0 Å². The molecular formula is C41H65N5O8.